The van der Waals surface area contributed by atoms with Crippen molar-refractivity contribution < 1.29 is 9.47 Å². The highest BCUT2D eigenvalue weighted by atomic mass is 16.7. The second-order valence-corrected chi connectivity index (χ2v) is 3.39. The molecule has 0 spiro atoms. The van der Waals surface area contributed by atoms with Crippen molar-refractivity contribution in [2.45, 2.75) is 6.29 Å². The van der Waals surface area contributed by atoms with Crippen molar-refractivity contribution in [2.75, 3.05) is 27.8 Å². The van der Waals surface area contributed by atoms with Gasteiger partial charge in [0.1, 0.15) is 0 Å². The molecule has 0 aliphatic heterocycles. The molecular weight excluding hydrogens is 202 g/mol. The van der Waals surface area contributed by atoms with Crippen LogP contribution in [-0.2, 0) is 9.47 Å². The number of benzene rings is 1. The quantitative estimate of drug-likeness (QED) is 0.747. The monoisotopic (exact) mass is 221 g/mol. The fourth-order valence-electron chi connectivity index (χ4n) is 1.53. The lowest BCUT2D eigenvalue weighted by molar-refractivity contribution is -0.106. The lowest BCUT2D eigenvalue weighted by atomic mass is 10.1. The first-order chi connectivity index (χ1) is 7.83. The van der Waals surface area contributed by atoms with Gasteiger partial charge in [0.15, 0.2) is 6.29 Å². The first-order valence-corrected chi connectivity index (χ1v) is 5.29. The van der Waals surface area contributed by atoms with E-state index in [1.165, 1.54) is 0 Å². The van der Waals surface area contributed by atoms with Gasteiger partial charge in [-0.1, -0.05) is 36.4 Å². The fourth-order valence-corrected chi connectivity index (χ4v) is 1.53. The van der Waals surface area contributed by atoms with Gasteiger partial charge < -0.3 is 14.8 Å². The van der Waals surface area contributed by atoms with Crippen LogP contribution in [0.5, 0.6) is 0 Å². The van der Waals surface area contributed by atoms with Crippen LogP contribution in [0.15, 0.2) is 30.3 Å². The molecule has 1 N–H and O–H groups in total. The summed E-state index contributed by atoms with van der Waals surface area (Å²) in [5.74, 6) is 0. The average molecular weight is 221 g/mol. The standard InChI is InChI=1S/C13H19NO2/c1-14-10-6-8-11-7-4-5-9-12(11)13(15-2)16-3/h4-9,13-14H,10H2,1-3H3. The maximum absolute atomic E-state index is 5.26. The van der Waals surface area contributed by atoms with Crippen LogP contribution < -0.4 is 5.32 Å². The summed E-state index contributed by atoms with van der Waals surface area (Å²) in [7, 11) is 5.20. The maximum atomic E-state index is 5.26. The highest BCUT2D eigenvalue weighted by Crippen LogP contribution is 2.22. The van der Waals surface area contributed by atoms with Gasteiger partial charge in [-0.3, -0.25) is 0 Å². The number of ether oxygens (including phenoxy) is 2. The zero-order valence-corrected chi connectivity index (χ0v) is 10.1. The smallest absolute Gasteiger partial charge is 0.183 e. The normalized spacial score (nSPS) is 11.5. The van der Waals surface area contributed by atoms with Gasteiger partial charge in [0, 0.05) is 26.3 Å². The third-order valence-electron chi connectivity index (χ3n) is 2.30. The molecule has 0 atom stereocenters. The van der Waals surface area contributed by atoms with Gasteiger partial charge in [-0.2, -0.15) is 0 Å². The topological polar surface area (TPSA) is 30.5 Å². The van der Waals surface area contributed by atoms with Crippen LogP contribution in [-0.4, -0.2) is 27.8 Å². The van der Waals surface area contributed by atoms with Crippen molar-refractivity contribution in [1.29, 1.82) is 0 Å². The number of hydrogen-bond donors (Lipinski definition) is 1. The molecule has 0 aliphatic rings. The molecule has 3 heteroatoms. The summed E-state index contributed by atoms with van der Waals surface area (Å²) >= 11 is 0. The Labute approximate surface area is 97.1 Å². The molecular formula is C13H19NO2. The zero-order valence-electron chi connectivity index (χ0n) is 10.1. The summed E-state index contributed by atoms with van der Waals surface area (Å²) in [6.07, 6.45) is 3.83. The molecule has 0 amide bonds. The van der Waals surface area contributed by atoms with Crippen LogP contribution in [0.3, 0.4) is 0 Å². The zero-order chi connectivity index (χ0) is 11.8. The maximum Gasteiger partial charge on any atom is 0.183 e. The fraction of sp³-hybridized carbons (Fsp3) is 0.385. The Morgan fingerprint density at radius 3 is 2.56 bits per heavy atom. The summed E-state index contributed by atoms with van der Waals surface area (Å²) in [6, 6.07) is 8.05. The van der Waals surface area contributed by atoms with E-state index in [1.54, 1.807) is 14.2 Å². The van der Waals surface area contributed by atoms with Crippen LogP contribution >= 0.6 is 0 Å². The molecule has 0 unspecified atom stereocenters. The second kappa shape index (κ2) is 7.17. The van der Waals surface area contributed by atoms with Crippen LogP contribution in [0.25, 0.3) is 6.08 Å². The molecule has 0 aliphatic carbocycles. The van der Waals surface area contributed by atoms with E-state index in [4.69, 9.17) is 9.47 Å². The molecule has 0 saturated carbocycles. The van der Waals surface area contributed by atoms with Gasteiger partial charge in [0.2, 0.25) is 0 Å². The predicted molar refractivity (Wildman–Crippen MR) is 66.2 cm³/mol. The van der Waals surface area contributed by atoms with Crippen LogP contribution in [0.1, 0.15) is 17.4 Å². The first-order valence-electron chi connectivity index (χ1n) is 5.29. The summed E-state index contributed by atoms with van der Waals surface area (Å²) in [5.41, 5.74) is 2.16. The molecule has 0 aromatic heterocycles. The van der Waals surface area contributed by atoms with Crippen molar-refractivity contribution in [3.8, 4) is 0 Å². The first kappa shape index (κ1) is 12.9. The lowest BCUT2D eigenvalue weighted by Gasteiger charge is -2.15. The molecule has 16 heavy (non-hydrogen) atoms. The molecule has 3 nitrogen and oxygen atoms in total. The average Bonchev–Trinajstić information content (AvgIpc) is 2.33. The highest BCUT2D eigenvalue weighted by Gasteiger charge is 2.11. The van der Waals surface area contributed by atoms with Gasteiger partial charge in [0.05, 0.1) is 0 Å². The number of likely N-dealkylation sites (N-methyl/N-ethyl adjacent to an activating group) is 1. The number of methoxy groups -OCH3 is 2. The van der Waals surface area contributed by atoms with Gasteiger partial charge in [-0.15, -0.1) is 0 Å². The Bertz CT molecular complexity index is 332. The van der Waals surface area contributed by atoms with E-state index < -0.39 is 0 Å². The van der Waals surface area contributed by atoms with E-state index in [0.29, 0.717) is 0 Å². The van der Waals surface area contributed by atoms with Crippen molar-refractivity contribution in [1.82, 2.24) is 5.32 Å². The Hall–Kier alpha value is -1.16. The van der Waals surface area contributed by atoms with Crippen molar-refractivity contribution in [2.24, 2.45) is 0 Å². The number of nitrogens with one attached hydrogen (secondary N) is 1. The molecule has 0 heterocycles. The van der Waals surface area contributed by atoms with Crippen LogP contribution in [0, 0.1) is 0 Å². The molecule has 1 rings (SSSR count). The minimum atomic E-state index is -0.310. The molecule has 1 aromatic rings. The Morgan fingerprint density at radius 1 is 1.25 bits per heavy atom. The van der Waals surface area contributed by atoms with Crippen LogP contribution in [0.4, 0.5) is 0 Å². The van der Waals surface area contributed by atoms with Gasteiger partial charge in [-0.05, 0) is 12.6 Å². The predicted octanol–water partition coefficient (Wildman–Crippen LogP) is 2.21. The molecule has 1 aromatic carbocycles. The highest BCUT2D eigenvalue weighted by molar-refractivity contribution is 5.54. The van der Waals surface area contributed by atoms with Crippen molar-refractivity contribution in [3.05, 3.63) is 41.5 Å². The largest absolute Gasteiger partial charge is 0.352 e. The minimum absolute atomic E-state index is 0.310. The van der Waals surface area contributed by atoms with Crippen molar-refractivity contribution >= 4 is 6.08 Å². The van der Waals surface area contributed by atoms with Crippen molar-refractivity contribution in [3.63, 3.8) is 0 Å². The van der Waals surface area contributed by atoms with E-state index in [0.717, 1.165) is 17.7 Å². The SMILES string of the molecule is CNCC=Cc1ccccc1C(OC)OC. The van der Waals surface area contributed by atoms with E-state index in [1.807, 2.05) is 31.3 Å². The Balaban J connectivity index is 2.90. The summed E-state index contributed by atoms with van der Waals surface area (Å²) in [5, 5.41) is 3.07. The van der Waals surface area contributed by atoms with Gasteiger partial charge >= 0.3 is 0 Å². The van der Waals surface area contributed by atoms with Crippen LogP contribution in [0.2, 0.25) is 0 Å². The number of rotatable bonds is 6. The van der Waals surface area contributed by atoms with Gasteiger partial charge in [-0.25, -0.2) is 0 Å². The second-order valence-electron chi connectivity index (χ2n) is 3.39. The lowest BCUT2D eigenvalue weighted by Crippen LogP contribution is -2.06. The summed E-state index contributed by atoms with van der Waals surface area (Å²) < 4.78 is 10.5. The third kappa shape index (κ3) is 3.45. The van der Waals surface area contributed by atoms with E-state index >= 15 is 0 Å². The molecule has 0 bridgehead atoms. The number of hydrogen-bond acceptors (Lipinski definition) is 3. The molecule has 0 fully saturated rings. The summed E-state index contributed by atoms with van der Waals surface area (Å²) in [6.45, 7) is 0.846. The van der Waals surface area contributed by atoms with E-state index in [9.17, 15) is 0 Å². The molecule has 0 radical (unpaired) electrons. The molecule has 88 valence electrons. The molecule has 0 saturated heterocycles. The third-order valence-corrected chi connectivity index (χ3v) is 2.30. The van der Waals surface area contributed by atoms with E-state index in [2.05, 4.69) is 17.5 Å². The Morgan fingerprint density at radius 2 is 1.94 bits per heavy atom. The van der Waals surface area contributed by atoms with E-state index in [-0.39, 0.29) is 6.29 Å². The summed E-state index contributed by atoms with van der Waals surface area (Å²) in [4.78, 5) is 0. The van der Waals surface area contributed by atoms with Gasteiger partial charge in [0.25, 0.3) is 0 Å². The minimum Gasteiger partial charge on any atom is -0.352 e. The Kier molecular flexibility index (Phi) is 5.78.